The summed E-state index contributed by atoms with van der Waals surface area (Å²) in [7, 11) is 0. The molecule has 0 fully saturated rings. The highest BCUT2D eigenvalue weighted by Gasteiger charge is 2.14. The first-order valence-electron chi connectivity index (χ1n) is 6.32. The molecule has 2 nitrogen and oxygen atoms in total. The van der Waals surface area contributed by atoms with Gasteiger partial charge in [-0.2, -0.15) is 0 Å². The van der Waals surface area contributed by atoms with Crippen LogP contribution in [0.5, 0.6) is 0 Å². The molecule has 0 spiro atoms. The highest BCUT2D eigenvalue weighted by Crippen LogP contribution is 2.33. The van der Waals surface area contributed by atoms with Gasteiger partial charge in [-0.1, -0.05) is 12.1 Å². The van der Waals surface area contributed by atoms with E-state index in [4.69, 9.17) is 5.73 Å². The number of para-hydroxylation sites is 1. The molecule has 2 N–H and O–H groups in total. The number of benzene rings is 2. The maximum Gasteiger partial charge on any atom is 0.133 e. The summed E-state index contributed by atoms with van der Waals surface area (Å²) in [6.07, 6.45) is 0. The summed E-state index contributed by atoms with van der Waals surface area (Å²) < 4.78 is 27.6. The minimum atomic E-state index is -0.480. The lowest BCUT2D eigenvalue weighted by Crippen LogP contribution is -1.91. The van der Waals surface area contributed by atoms with Gasteiger partial charge in [0.15, 0.2) is 0 Å². The van der Waals surface area contributed by atoms with Crippen molar-refractivity contribution in [3.05, 3.63) is 59.0 Å². The fourth-order valence-corrected chi connectivity index (χ4v) is 2.92. The highest BCUT2D eigenvalue weighted by molar-refractivity contribution is 7.13. The number of nitrogens with zero attached hydrogens (tertiary/aromatic N) is 1. The smallest absolute Gasteiger partial charge is 0.133 e. The summed E-state index contributed by atoms with van der Waals surface area (Å²) in [6, 6.07) is 9.69. The van der Waals surface area contributed by atoms with Gasteiger partial charge < -0.3 is 5.73 Å². The Morgan fingerprint density at radius 2 is 1.81 bits per heavy atom. The van der Waals surface area contributed by atoms with E-state index in [-0.39, 0.29) is 11.1 Å². The van der Waals surface area contributed by atoms with E-state index in [0.29, 0.717) is 16.4 Å². The third-order valence-corrected chi connectivity index (χ3v) is 4.10. The Balaban J connectivity index is 2.07. The van der Waals surface area contributed by atoms with Gasteiger partial charge in [0.2, 0.25) is 0 Å². The van der Waals surface area contributed by atoms with Gasteiger partial charge in [0.1, 0.15) is 16.6 Å². The van der Waals surface area contributed by atoms with Gasteiger partial charge in [0.25, 0.3) is 0 Å². The van der Waals surface area contributed by atoms with Gasteiger partial charge in [-0.05, 0) is 36.8 Å². The predicted octanol–water partition coefficient (Wildman–Crippen LogP) is 4.65. The number of aromatic nitrogens is 1. The van der Waals surface area contributed by atoms with Crippen LogP contribution < -0.4 is 5.73 Å². The highest BCUT2D eigenvalue weighted by atomic mass is 32.1. The van der Waals surface area contributed by atoms with Crippen LogP contribution in [0.25, 0.3) is 21.8 Å². The van der Waals surface area contributed by atoms with Crippen LogP contribution in [-0.4, -0.2) is 4.98 Å². The van der Waals surface area contributed by atoms with Crippen molar-refractivity contribution in [2.24, 2.45) is 0 Å². The molecule has 0 aliphatic heterocycles. The molecule has 3 aromatic rings. The monoisotopic (exact) mass is 302 g/mol. The quantitative estimate of drug-likeness (QED) is 0.700. The Hall–Kier alpha value is -2.27. The standard InChI is InChI=1S/C16H12F2N2S/c1-9-6-13(18)11(7-12(9)17)15-8-21-16(20-15)10-4-2-3-5-14(10)19/h2-8H,19H2,1H3. The second-order valence-electron chi connectivity index (χ2n) is 4.71. The van der Waals surface area contributed by atoms with E-state index in [0.717, 1.165) is 5.56 Å². The van der Waals surface area contributed by atoms with Crippen molar-refractivity contribution in [2.45, 2.75) is 6.92 Å². The predicted molar refractivity (Wildman–Crippen MR) is 82.1 cm³/mol. The maximum atomic E-state index is 14.0. The largest absolute Gasteiger partial charge is 0.398 e. The van der Waals surface area contributed by atoms with Crippen LogP contribution >= 0.6 is 11.3 Å². The lowest BCUT2D eigenvalue weighted by Gasteiger charge is -2.03. The fourth-order valence-electron chi connectivity index (χ4n) is 2.06. The molecule has 1 aromatic heterocycles. The van der Waals surface area contributed by atoms with Crippen molar-refractivity contribution in [1.82, 2.24) is 4.98 Å². The summed E-state index contributed by atoms with van der Waals surface area (Å²) >= 11 is 1.35. The summed E-state index contributed by atoms with van der Waals surface area (Å²) in [6.45, 7) is 1.53. The number of halogens is 2. The van der Waals surface area contributed by atoms with Gasteiger partial charge in [-0.15, -0.1) is 11.3 Å². The van der Waals surface area contributed by atoms with Gasteiger partial charge in [0, 0.05) is 22.2 Å². The molecule has 21 heavy (non-hydrogen) atoms. The maximum absolute atomic E-state index is 14.0. The molecular formula is C16H12F2N2S. The molecule has 0 atom stereocenters. The number of thiazole rings is 1. The van der Waals surface area contributed by atoms with E-state index in [2.05, 4.69) is 4.98 Å². The Labute approximate surface area is 124 Å². The first-order valence-corrected chi connectivity index (χ1v) is 7.20. The lowest BCUT2D eigenvalue weighted by molar-refractivity contribution is 0.595. The summed E-state index contributed by atoms with van der Waals surface area (Å²) in [4.78, 5) is 4.38. The Bertz CT molecular complexity index is 812. The molecule has 0 radical (unpaired) electrons. The minimum Gasteiger partial charge on any atom is -0.398 e. The van der Waals surface area contributed by atoms with Crippen molar-refractivity contribution >= 4 is 17.0 Å². The second-order valence-corrected chi connectivity index (χ2v) is 5.56. The zero-order chi connectivity index (χ0) is 15.0. The number of rotatable bonds is 2. The SMILES string of the molecule is Cc1cc(F)c(-c2csc(-c3ccccc3N)n2)cc1F. The Morgan fingerprint density at radius 1 is 1.05 bits per heavy atom. The number of nitrogens with two attached hydrogens (primary N) is 1. The molecule has 106 valence electrons. The van der Waals surface area contributed by atoms with Crippen molar-refractivity contribution in [3.63, 3.8) is 0 Å². The van der Waals surface area contributed by atoms with Crippen molar-refractivity contribution in [1.29, 1.82) is 0 Å². The van der Waals surface area contributed by atoms with Crippen LogP contribution in [-0.2, 0) is 0 Å². The summed E-state index contributed by atoms with van der Waals surface area (Å²) in [5, 5.41) is 2.39. The van der Waals surface area contributed by atoms with Crippen molar-refractivity contribution < 1.29 is 8.78 Å². The normalized spacial score (nSPS) is 10.8. The fraction of sp³-hybridized carbons (Fsp3) is 0.0625. The van der Waals surface area contributed by atoms with Crippen LogP contribution in [0.4, 0.5) is 14.5 Å². The number of nitrogen functional groups attached to an aromatic ring is 1. The molecule has 0 aliphatic rings. The van der Waals surface area contributed by atoms with E-state index >= 15 is 0 Å². The van der Waals surface area contributed by atoms with Gasteiger partial charge in [-0.3, -0.25) is 0 Å². The molecule has 1 heterocycles. The van der Waals surface area contributed by atoms with Crippen LogP contribution in [0, 0.1) is 18.6 Å². The summed E-state index contributed by atoms with van der Waals surface area (Å²) in [5.41, 5.74) is 8.16. The van der Waals surface area contributed by atoms with Crippen LogP contribution in [0.2, 0.25) is 0 Å². The van der Waals surface area contributed by atoms with E-state index < -0.39 is 11.6 Å². The molecule has 0 amide bonds. The third kappa shape index (κ3) is 2.52. The van der Waals surface area contributed by atoms with Gasteiger partial charge in [0.05, 0.1) is 5.69 Å². The van der Waals surface area contributed by atoms with Crippen LogP contribution in [0.3, 0.4) is 0 Å². The molecule has 0 saturated carbocycles. The Morgan fingerprint density at radius 3 is 2.57 bits per heavy atom. The lowest BCUT2D eigenvalue weighted by atomic mass is 10.1. The molecule has 3 rings (SSSR count). The first-order chi connectivity index (χ1) is 10.1. The van der Waals surface area contributed by atoms with Crippen molar-refractivity contribution in [3.8, 4) is 21.8 Å². The zero-order valence-electron chi connectivity index (χ0n) is 11.2. The van der Waals surface area contributed by atoms with Crippen LogP contribution in [0.1, 0.15) is 5.56 Å². The molecule has 2 aromatic carbocycles. The van der Waals surface area contributed by atoms with E-state index in [1.54, 1.807) is 11.4 Å². The number of hydrogen-bond donors (Lipinski definition) is 1. The molecular weight excluding hydrogens is 290 g/mol. The average molecular weight is 302 g/mol. The van der Waals surface area contributed by atoms with Crippen molar-refractivity contribution in [2.75, 3.05) is 5.73 Å². The molecule has 0 saturated heterocycles. The van der Waals surface area contributed by atoms with E-state index in [1.807, 2.05) is 18.2 Å². The molecule has 0 unspecified atom stereocenters. The topological polar surface area (TPSA) is 38.9 Å². The zero-order valence-corrected chi connectivity index (χ0v) is 12.0. The molecule has 5 heteroatoms. The number of aryl methyl sites for hydroxylation is 1. The Kier molecular flexibility index (Phi) is 3.43. The minimum absolute atomic E-state index is 0.162. The number of hydrogen-bond acceptors (Lipinski definition) is 3. The number of anilines is 1. The van der Waals surface area contributed by atoms with E-state index in [9.17, 15) is 8.78 Å². The molecule has 0 aliphatic carbocycles. The molecule has 0 bridgehead atoms. The van der Waals surface area contributed by atoms with Gasteiger partial charge in [-0.25, -0.2) is 13.8 Å². The summed E-state index contributed by atoms with van der Waals surface area (Å²) in [5.74, 6) is -0.924. The second kappa shape index (κ2) is 5.26. The third-order valence-electron chi connectivity index (χ3n) is 3.22. The van der Waals surface area contributed by atoms with Gasteiger partial charge >= 0.3 is 0 Å². The van der Waals surface area contributed by atoms with Crippen LogP contribution in [0.15, 0.2) is 41.8 Å². The first kappa shape index (κ1) is 13.7. The average Bonchev–Trinajstić information content (AvgIpc) is 2.92. The van der Waals surface area contributed by atoms with E-state index in [1.165, 1.54) is 30.4 Å².